The van der Waals surface area contributed by atoms with E-state index in [0.717, 1.165) is 36.0 Å². The molecule has 0 atom stereocenters. The second-order valence-electron chi connectivity index (χ2n) is 8.21. The highest BCUT2D eigenvalue weighted by atomic mass is 79.9. The summed E-state index contributed by atoms with van der Waals surface area (Å²) >= 11 is 6.30. The first-order valence-corrected chi connectivity index (χ1v) is 14.0. The highest BCUT2D eigenvalue weighted by molar-refractivity contribution is 9.10. The van der Waals surface area contributed by atoms with Crippen molar-refractivity contribution >= 4 is 72.7 Å². The number of para-hydroxylation sites is 1. The molecular formula is C27H22BrN5O2S2. The van der Waals surface area contributed by atoms with Gasteiger partial charge in [-0.2, -0.15) is 0 Å². The molecule has 1 amide bonds. The zero-order valence-corrected chi connectivity index (χ0v) is 23.2. The number of benzene rings is 3. The van der Waals surface area contributed by atoms with Crippen molar-refractivity contribution in [3.05, 3.63) is 98.9 Å². The summed E-state index contributed by atoms with van der Waals surface area (Å²) in [7, 11) is 1.80. The zero-order chi connectivity index (χ0) is 25.9. The Hall–Kier alpha value is -3.47. The highest BCUT2D eigenvalue weighted by Gasteiger charge is 2.18. The van der Waals surface area contributed by atoms with Crippen LogP contribution in [0.3, 0.4) is 0 Å². The van der Waals surface area contributed by atoms with Gasteiger partial charge in [-0.05, 0) is 55.0 Å². The lowest BCUT2D eigenvalue weighted by atomic mass is 10.2. The Morgan fingerprint density at radius 3 is 2.65 bits per heavy atom. The van der Waals surface area contributed by atoms with E-state index in [-0.39, 0.29) is 22.9 Å². The van der Waals surface area contributed by atoms with Gasteiger partial charge in [-0.15, -0.1) is 11.3 Å². The van der Waals surface area contributed by atoms with Gasteiger partial charge in [-0.25, -0.2) is 9.67 Å². The third-order valence-corrected chi connectivity index (χ3v) is 8.42. The van der Waals surface area contributed by atoms with E-state index in [1.165, 1.54) is 23.1 Å². The number of hydrogen-bond donors (Lipinski definition) is 1. The van der Waals surface area contributed by atoms with Crippen LogP contribution in [0.25, 0.3) is 15.9 Å². The van der Waals surface area contributed by atoms with Gasteiger partial charge in [0.15, 0.2) is 4.34 Å². The summed E-state index contributed by atoms with van der Waals surface area (Å²) in [6, 6.07) is 23.1. The second kappa shape index (κ2) is 10.9. The fourth-order valence-corrected chi connectivity index (χ4v) is 5.91. The first kappa shape index (κ1) is 25.2. The molecule has 0 spiro atoms. The minimum Gasteiger partial charge on any atom is -0.319 e. The molecule has 7 nitrogen and oxygen atoms in total. The average molecular weight is 593 g/mol. The summed E-state index contributed by atoms with van der Waals surface area (Å²) in [6.07, 6.45) is 1.83. The predicted molar refractivity (Wildman–Crippen MR) is 156 cm³/mol. The van der Waals surface area contributed by atoms with E-state index < -0.39 is 0 Å². The topological polar surface area (TPSA) is 81.3 Å². The number of nitrogens with one attached hydrogen (secondary N) is 1. The van der Waals surface area contributed by atoms with Crippen molar-refractivity contribution in [3.8, 4) is 5.69 Å². The van der Waals surface area contributed by atoms with Gasteiger partial charge in [0.1, 0.15) is 5.69 Å². The van der Waals surface area contributed by atoms with E-state index in [2.05, 4.69) is 31.2 Å². The number of fused-ring (bicyclic) bond motifs is 1. The van der Waals surface area contributed by atoms with Crippen LogP contribution in [0.5, 0.6) is 0 Å². The van der Waals surface area contributed by atoms with Gasteiger partial charge in [-0.3, -0.25) is 19.3 Å². The molecule has 186 valence electrons. The molecule has 0 bridgehead atoms. The number of rotatable bonds is 7. The summed E-state index contributed by atoms with van der Waals surface area (Å²) < 4.78 is 6.09. The number of thioether (sulfide) groups is 1. The molecule has 0 saturated heterocycles. The molecule has 2 aromatic heterocycles. The van der Waals surface area contributed by atoms with Gasteiger partial charge >= 0.3 is 0 Å². The molecule has 5 rings (SSSR count). The van der Waals surface area contributed by atoms with Crippen molar-refractivity contribution in [2.24, 2.45) is 12.0 Å². The van der Waals surface area contributed by atoms with Crippen LogP contribution >= 0.6 is 39.0 Å². The number of aromatic nitrogens is 3. The lowest BCUT2D eigenvalue weighted by Crippen LogP contribution is -2.23. The number of nitrogens with zero attached hydrogens (tertiary/aromatic N) is 4. The SMILES string of the molecule is Cc1c(NC(=O)CSc2nc3ccc(N=Cc4ccc(Br)cc4)cc3s2)c(=O)n(-c2ccccc2)n1C. The van der Waals surface area contributed by atoms with E-state index in [9.17, 15) is 9.59 Å². The van der Waals surface area contributed by atoms with E-state index in [1.54, 1.807) is 16.4 Å². The lowest BCUT2D eigenvalue weighted by Gasteiger charge is -2.07. The number of thiazole rings is 1. The van der Waals surface area contributed by atoms with E-state index >= 15 is 0 Å². The van der Waals surface area contributed by atoms with Crippen LogP contribution in [0.2, 0.25) is 0 Å². The van der Waals surface area contributed by atoms with E-state index in [1.807, 2.05) is 85.9 Å². The molecule has 10 heteroatoms. The smallest absolute Gasteiger partial charge is 0.295 e. The van der Waals surface area contributed by atoms with Crippen LogP contribution in [0.4, 0.5) is 11.4 Å². The standard InChI is InChI=1S/C27H22BrN5O2S2/c1-17-25(26(35)33(32(17)2)21-6-4-3-5-7-21)31-24(34)16-36-27-30-22-13-12-20(14-23(22)37-27)29-15-18-8-10-19(28)11-9-18/h3-15H,16H2,1-2H3,(H,31,34). The zero-order valence-electron chi connectivity index (χ0n) is 20.0. The Kier molecular flexibility index (Phi) is 7.40. The summed E-state index contributed by atoms with van der Waals surface area (Å²) in [6.45, 7) is 1.81. The van der Waals surface area contributed by atoms with Gasteiger partial charge in [-0.1, -0.05) is 58.0 Å². The Bertz CT molecular complexity index is 1670. The molecule has 1 N–H and O–H groups in total. The average Bonchev–Trinajstić information content (AvgIpc) is 3.41. The fourth-order valence-electron chi connectivity index (χ4n) is 3.75. The monoisotopic (exact) mass is 591 g/mol. The second-order valence-corrected chi connectivity index (χ2v) is 11.4. The Labute approximate surface area is 230 Å². The fraction of sp³-hybridized carbons (Fsp3) is 0.111. The maximum atomic E-state index is 13.0. The number of carbonyl (C=O) groups excluding carboxylic acids is 1. The molecule has 5 aromatic rings. The molecule has 0 aliphatic rings. The first-order chi connectivity index (χ1) is 17.9. The van der Waals surface area contributed by atoms with Gasteiger partial charge in [0, 0.05) is 17.7 Å². The number of hydrogen-bond acceptors (Lipinski definition) is 6. The van der Waals surface area contributed by atoms with E-state index in [0.29, 0.717) is 5.69 Å². The molecule has 0 fully saturated rings. The number of amides is 1. The van der Waals surface area contributed by atoms with Crippen LogP contribution in [-0.4, -0.2) is 32.2 Å². The normalized spacial score (nSPS) is 11.4. The van der Waals surface area contributed by atoms with Crippen molar-refractivity contribution in [3.63, 3.8) is 0 Å². The lowest BCUT2D eigenvalue weighted by molar-refractivity contribution is -0.113. The van der Waals surface area contributed by atoms with Crippen LogP contribution in [-0.2, 0) is 11.8 Å². The molecule has 0 saturated carbocycles. The third kappa shape index (κ3) is 5.61. The molecule has 0 aliphatic heterocycles. The molecule has 0 unspecified atom stereocenters. The van der Waals surface area contributed by atoms with Gasteiger partial charge in [0.05, 0.1) is 33.0 Å². The van der Waals surface area contributed by atoms with Gasteiger partial charge in [0.2, 0.25) is 5.91 Å². The maximum Gasteiger partial charge on any atom is 0.295 e. The minimum absolute atomic E-state index is 0.146. The molecule has 37 heavy (non-hydrogen) atoms. The van der Waals surface area contributed by atoms with Crippen molar-refractivity contribution in [1.29, 1.82) is 0 Å². The van der Waals surface area contributed by atoms with Crippen LogP contribution < -0.4 is 10.9 Å². The van der Waals surface area contributed by atoms with Crippen molar-refractivity contribution in [2.45, 2.75) is 11.3 Å². The summed E-state index contributed by atoms with van der Waals surface area (Å²) in [5, 5.41) is 2.80. The summed E-state index contributed by atoms with van der Waals surface area (Å²) in [4.78, 5) is 34.9. The Morgan fingerprint density at radius 2 is 1.89 bits per heavy atom. The maximum absolute atomic E-state index is 13.0. The van der Waals surface area contributed by atoms with Crippen LogP contribution in [0, 0.1) is 6.92 Å². The van der Waals surface area contributed by atoms with Gasteiger partial charge in [0.25, 0.3) is 5.56 Å². The van der Waals surface area contributed by atoms with Crippen LogP contribution in [0.1, 0.15) is 11.3 Å². The predicted octanol–water partition coefficient (Wildman–Crippen LogP) is 6.34. The molecule has 0 radical (unpaired) electrons. The number of anilines is 1. The molecule has 2 heterocycles. The summed E-state index contributed by atoms with van der Waals surface area (Å²) in [5.74, 6) is -0.108. The molecular weight excluding hydrogens is 570 g/mol. The van der Waals surface area contributed by atoms with Crippen molar-refractivity contribution in [1.82, 2.24) is 14.3 Å². The quantitative estimate of drug-likeness (QED) is 0.177. The Morgan fingerprint density at radius 1 is 1.14 bits per heavy atom. The van der Waals surface area contributed by atoms with E-state index in [4.69, 9.17) is 0 Å². The van der Waals surface area contributed by atoms with Crippen molar-refractivity contribution in [2.75, 3.05) is 11.1 Å². The largest absolute Gasteiger partial charge is 0.319 e. The minimum atomic E-state index is -0.263. The first-order valence-electron chi connectivity index (χ1n) is 11.4. The van der Waals surface area contributed by atoms with Crippen molar-refractivity contribution < 1.29 is 4.79 Å². The van der Waals surface area contributed by atoms with Gasteiger partial charge < -0.3 is 5.32 Å². The number of carbonyl (C=O) groups is 1. The summed E-state index contributed by atoms with van der Waals surface area (Å²) in [5.41, 5.74) is 4.16. The molecule has 3 aromatic carbocycles. The number of aliphatic imine (C=N–C) groups is 1. The highest BCUT2D eigenvalue weighted by Crippen LogP contribution is 2.32. The third-order valence-electron chi connectivity index (χ3n) is 5.73. The molecule has 0 aliphatic carbocycles. The van der Waals surface area contributed by atoms with Crippen LogP contribution in [0.15, 0.2) is 91.4 Å². The Balaban J connectivity index is 1.26. The number of halogens is 1.